The summed E-state index contributed by atoms with van der Waals surface area (Å²) < 4.78 is 5.55. The summed E-state index contributed by atoms with van der Waals surface area (Å²) in [6, 6.07) is 3.17. The van der Waals surface area contributed by atoms with Crippen LogP contribution in [0.15, 0.2) is 28.9 Å². The highest BCUT2D eigenvalue weighted by Gasteiger charge is 2.17. The number of hydrogen-bond acceptors (Lipinski definition) is 6. The second kappa shape index (κ2) is 8.15. The number of hydrogen-bond donors (Lipinski definition) is 4. The molecule has 0 fully saturated rings. The normalized spacial score (nSPS) is 10.6. The maximum absolute atomic E-state index is 11.7. The van der Waals surface area contributed by atoms with Gasteiger partial charge in [0, 0.05) is 18.9 Å². The van der Waals surface area contributed by atoms with Gasteiger partial charge in [0.25, 0.3) is 0 Å². The number of nitrogens with two attached hydrogens (primary N) is 1. The highest BCUT2D eigenvalue weighted by molar-refractivity contribution is 6.35. The zero-order chi connectivity index (χ0) is 19.3. The lowest BCUT2D eigenvalue weighted by molar-refractivity contribution is -0.139. The van der Waals surface area contributed by atoms with Gasteiger partial charge in [-0.3, -0.25) is 14.6 Å². The van der Waals surface area contributed by atoms with Crippen LogP contribution in [0.4, 0.5) is 5.69 Å². The molecule has 0 unspecified atom stereocenters. The zero-order valence-electron chi connectivity index (χ0n) is 14.4. The van der Waals surface area contributed by atoms with Crippen molar-refractivity contribution in [2.45, 2.75) is 20.4 Å². The third-order valence-corrected chi connectivity index (χ3v) is 3.45. The maximum atomic E-state index is 11.7. The molecule has 9 nitrogen and oxygen atoms in total. The van der Waals surface area contributed by atoms with Crippen LogP contribution in [-0.4, -0.2) is 34.4 Å². The van der Waals surface area contributed by atoms with Crippen molar-refractivity contribution >= 4 is 23.5 Å². The molecule has 2 aromatic rings. The van der Waals surface area contributed by atoms with Crippen LogP contribution in [0.5, 0.6) is 0 Å². The minimum Gasteiger partial charge on any atom is -0.478 e. The summed E-state index contributed by atoms with van der Waals surface area (Å²) >= 11 is 0. The van der Waals surface area contributed by atoms with E-state index in [-0.39, 0.29) is 23.7 Å². The number of carboxylic acids is 1. The lowest BCUT2D eigenvalue weighted by Gasteiger charge is -2.07. The molecule has 26 heavy (non-hydrogen) atoms. The van der Waals surface area contributed by atoms with Gasteiger partial charge < -0.3 is 25.9 Å². The fraction of sp³-hybridized carbons (Fsp3) is 0.294. The first-order chi connectivity index (χ1) is 12.3. The van der Waals surface area contributed by atoms with E-state index in [0.29, 0.717) is 23.6 Å². The first-order valence-electron chi connectivity index (χ1n) is 7.91. The Labute approximate surface area is 149 Å². The van der Waals surface area contributed by atoms with Crippen LogP contribution in [0, 0.1) is 5.92 Å². The Morgan fingerprint density at radius 2 is 1.88 bits per heavy atom. The number of aromatic nitrogens is 1. The van der Waals surface area contributed by atoms with Crippen LogP contribution in [0.3, 0.4) is 0 Å². The Kier molecular flexibility index (Phi) is 5.94. The number of nitrogen functional groups attached to an aromatic ring is 1. The van der Waals surface area contributed by atoms with Crippen LogP contribution < -0.4 is 16.4 Å². The minimum atomic E-state index is -1.19. The monoisotopic (exact) mass is 360 g/mol. The van der Waals surface area contributed by atoms with Crippen molar-refractivity contribution in [2.75, 3.05) is 12.3 Å². The largest absolute Gasteiger partial charge is 0.478 e. The number of carbonyl (C=O) groups excluding carboxylic acids is 2. The number of furan rings is 1. The first-order valence-corrected chi connectivity index (χ1v) is 7.91. The van der Waals surface area contributed by atoms with E-state index in [1.54, 1.807) is 12.1 Å². The summed E-state index contributed by atoms with van der Waals surface area (Å²) in [5.74, 6) is -1.74. The smallest absolute Gasteiger partial charge is 0.339 e. The molecule has 2 heterocycles. The zero-order valence-corrected chi connectivity index (χ0v) is 14.4. The average molecular weight is 360 g/mol. The number of anilines is 1. The fourth-order valence-electron chi connectivity index (χ4n) is 2.08. The molecule has 5 N–H and O–H groups in total. The number of nitrogens with zero attached hydrogens (tertiary/aromatic N) is 1. The number of carbonyl (C=O) groups is 3. The summed E-state index contributed by atoms with van der Waals surface area (Å²) in [6.45, 7) is 4.24. The van der Waals surface area contributed by atoms with Crippen molar-refractivity contribution in [3.63, 3.8) is 0 Å². The third-order valence-electron chi connectivity index (χ3n) is 3.45. The SMILES string of the molecule is CC(C)CNC(=O)C(=O)NCc1ccc(-c2cncc(C(=O)O)c2N)o1. The summed E-state index contributed by atoms with van der Waals surface area (Å²) in [5.41, 5.74) is 6.08. The highest BCUT2D eigenvalue weighted by Crippen LogP contribution is 2.29. The van der Waals surface area contributed by atoms with E-state index in [2.05, 4.69) is 15.6 Å². The van der Waals surface area contributed by atoms with Crippen LogP contribution >= 0.6 is 0 Å². The predicted molar refractivity (Wildman–Crippen MR) is 93.0 cm³/mol. The van der Waals surface area contributed by atoms with Gasteiger partial charge in [-0.15, -0.1) is 0 Å². The summed E-state index contributed by atoms with van der Waals surface area (Å²) in [6.07, 6.45) is 2.54. The van der Waals surface area contributed by atoms with E-state index in [1.807, 2.05) is 13.8 Å². The van der Waals surface area contributed by atoms with E-state index < -0.39 is 17.8 Å². The molecule has 0 atom stereocenters. The van der Waals surface area contributed by atoms with Crippen molar-refractivity contribution in [1.82, 2.24) is 15.6 Å². The topological polar surface area (TPSA) is 148 Å². The molecule has 0 aliphatic heterocycles. The second-order valence-corrected chi connectivity index (χ2v) is 6.01. The Balaban J connectivity index is 2.03. The molecule has 0 bridgehead atoms. The summed E-state index contributed by atoms with van der Waals surface area (Å²) in [7, 11) is 0. The molecule has 0 spiro atoms. The summed E-state index contributed by atoms with van der Waals surface area (Å²) in [5, 5.41) is 14.0. The Morgan fingerprint density at radius 3 is 2.54 bits per heavy atom. The van der Waals surface area contributed by atoms with Crippen molar-refractivity contribution in [2.24, 2.45) is 5.92 Å². The quantitative estimate of drug-likeness (QED) is 0.562. The second-order valence-electron chi connectivity index (χ2n) is 6.01. The van der Waals surface area contributed by atoms with E-state index in [4.69, 9.17) is 15.3 Å². The molecule has 2 aromatic heterocycles. The van der Waals surface area contributed by atoms with Gasteiger partial charge in [-0.25, -0.2) is 4.79 Å². The van der Waals surface area contributed by atoms with Crippen LogP contribution in [0.25, 0.3) is 11.3 Å². The van der Waals surface area contributed by atoms with Gasteiger partial charge >= 0.3 is 17.8 Å². The van der Waals surface area contributed by atoms with Crippen LogP contribution in [0.1, 0.15) is 30.0 Å². The molecule has 2 amide bonds. The number of carboxylic acid groups (broad SMARTS) is 1. The van der Waals surface area contributed by atoms with E-state index in [9.17, 15) is 14.4 Å². The highest BCUT2D eigenvalue weighted by atomic mass is 16.4. The van der Waals surface area contributed by atoms with Crippen molar-refractivity contribution in [3.8, 4) is 11.3 Å². The van der Waals surface area contributed by atoms with E-state index in [1.165, 1.54) is 6.20 Å². The third kappa shape index (κ3) is 4.59. The number of nitrogens with one attached hydrogen (secondary N) is 2. The van der Waals surface area contributed by atoms with Crippen LogP contribution in [-0.2, 0) is 16.1 Å². The number of pyridine rings is 1. The minimum absolute atomic E-state index is 0.000113. The molecule has 0 aliphatic carbocycles. The van der Waals surface area contributed by atoms with Gasteiger partial charge in [0.2, 0.25) is 0 Å². The number of amides is 2. The Hall–Kier alpha value is -3.36. The molecule has 9 heteroatoms. The van der Waals surface area contributed by atoms with Crippen molar-refractivity contribution in [1.29, 1.82) is 0 Å². The Bertz CT molecular complexity index is 828. The van der Waals surface area contributed by atoms with Gasteiger partial charge in [-0.1, -0.05) is 13.8 Å². The van der Waals surface area contributed by atoms with Crippen LogP contribution in [0.2, 0.25) is 0 Å². The molecule has 0 saturated heterocycles. The lowest BCUT2D eigenvalue weighted by Crippen LogP contribution is -2.40. The van der Waals surface area contributed by atoms with Gasteiger partial charge in [-0.05, 0) is 18.1 Å². The molecule has 0 saturated carbocycles. The first kappa shape index (κ1) is 19.0. The summed E-state index contributed by atoms with van der Waals surface area (Å²) in [4.78, 5) is 38.3. The Morgan fingerprint density at radius 1 is 1.19 bits per heavy atom. The average Bonchev–Trinajstić information content (AvgIpc) is 3.06. The molecule has 138 valence electrons. The van der Waals surface area contributed by atoms with Gasteiger partial charge in [0.1, 0.15) is 17.1 Å². The van der Waals surface area contributed by atoms with Gasteiger partial charge in [0.05, 0.1) is 17.8 Å². The van der Waals surface area contributed by atoms with Gasteiger partial charge in [-0.2, -0.15) is 0 Å². The standard InChI is InChI=1S/C17H20N4O5/c1-9(2)5-20-15(22)16(23)21-6-10-3-4-13(26-10)11-7-19-8-12(14(11)18)17(24)25/h3-4,7-9H,5-6H2,1-2H3,(H2,18,19)(H,20,22)(H,21,23)(H,24,25). The molecule has 0 radical (unpaired) electrons. The molecule has 0 aliphatic rings. The van der Waals surface area contributed by atoms with Gasteiger partial charge in [0.15, 0.2) is 0 Å². The molecule has 0 aromatic carbocycles. The number of rotatable bonds is 6. The molecular weight excluding hydrogens is 340 g/mol. The predicted octanol–water partition coefficient (Wildman–Crippen LogP) is 1.01. The van der Waals surface area contributed by atoms with Crippen molar-refractivity contribution < 1.29 is 23.9 Å². The number of aromatic carboxylic acids is 1. The van der Waals surface area contributed by atoms with Crippen molar-refractivity contribution in [3.05, 3.63) is 35.9 Å². The fourth-order valence-corrected chi connectivity index (χ4v) is 2.08. The molecular formula is C17H20N4O5. The lowest BCUT2D eigenvalue weighted by atomic mass is 10.1. The van der Waals surface area contributed by atoms with E-state index >= 15 is 0 Å². The van der Waals surface area contributed by atoms with E-state index in [0.717, 1.165) is 6.20 Å². The maximum Gasteiger partial charge on any atom is 0.339 e. The molecule has 2 rings (SSSR count).